The van der Waals surface area contributed by atoms with Gasteiger partial charge in [-0.15, -0.1) is 6.58 Å². The summed E-state index contributed by atoms with van der Waals surface area (Å²) in [5, 5.41) is 3.87. The van der Waals surface area contributed by atoms with Gasteiger partial charge in [-0.1, -0.05) is 11.2 Å². The molecule has 0 unspecified atom stereocenters. The van der Waals surface area contributed by atoms with Gasteiger partial charge < -0.3 is 15.0 Å². The number of nitrogens with two attached hydrogens (primary N) is 1. The molecule has 1 fully saturated rings. The summed E-state index contributed by atoms with van der Waals surface area (Å²) in [4.78, 5) is 4.21. The first-order valence-electron chi connectivity index (χ1n) is 5.05. The van der Waals surface area contributed by atoms with Gasteiger partial charge >= 0.3 is 0 Å². The molecule has 5 nitrogen and oxygen atoms in total. The molecule has 0 aliphatic heterocycles. The largest absolute Gasteiger partial charge is 0.368 e. The van der Waals surface area contributed by atoms with Gasteiger partial charge in [0.1, 0.15) is 6.61 Å². The van der Waals surface area contributed by atoms with Crippen LogP contribution in [0.15, 0.2) is 17.2 Å². The highest BCUT2D eigenvalue weighted by atomic mass is 16.5. The maximum atomic E-state index is 6.05. The monoisotopic (exact) mass is 209 g/mol. The smallest absolute Gasteiger partial charge is 0.252 e. The molecule has 5 heteroatoms. The second kappa shape index (κ2) is 4.12. The van der Waals surface area contributed by atoms with Crippen LogP contribution in [0, 0.1) is 0 Å². The summed E-state index contributed by atoms with van der Waals surface area (Å²) >= 11 is 0. The normalized spacial score (nSPS) is 18.5. The van der Waals surface area contributed by atoms with Crippen LogP contribution in [0.1, 0.15) is 31.0 Å². The van der Waals surface area contributed by atoms with E-state index in [0.717, 1.165) is 19.3 Å². The molecule has 0 amide bonds. The average Bonchev–Trinajstić information content (AvgIpc) is 2.64. The third-order valence-electron chi connectivity index (χ3n) is 2.62. The highest BCUT2D eigenvalue weighted by Gasteiger charge is 2.38. The number of hydrogen-bond donors (Lipinski definition) is 1. The molecular formula is C10H15N3O2. The Balaban J connectivity index is 1.94. The van der Waals surface area contributed by atoms with Crippen molar-refractivity contribution in [1.29, 1.82) is 0 Å². The third-order valence-corrected chi connectivity index (χ3v) is 2.62. The zero-order valence-corrected chi connectivity index (χ0v) is 8.61. The van der Waals surface area contributed by atoms with Crippen LogP contribution < -0.4 is 5.73 Å². The molecule has 1 aliphatic rings. The van der Waals surface area contributed by atoms with Gasteiger partial charge in [0.15, 0.2) is 5.82 Å². The van der Waals surface area contributed by atoms with Gasteiger partial charge in [-0.25, -0.2) is 0 Å². The standard InChI is InChI=1S/C10H15N3O2/c1-2-6-14-7-8-12-9(13-15-8)10(11)4-3-5-10/h2H,1,3-7,11H2. The molecule has 2 N–H and O–H groups in total. The van der Waals surface area contributed by atoms with Gasteiger partial charge in [-0.2, -0.15) is 4.98 Å². The predicted octanol–water partition coefficient (Wildman–Crippen LogP) is 1.11. The molecule has 15 heavy (non-hydrogen) atoms. The lowest BCUT2D eigenvalue weighted by atomic mass is 9.77. The van der Waals surface area contributed by atoms with Crippen molar-refractivity contribution in [2.24, 2.45) is 5.73 Å². The van der Waals surface area contributed by atoms with Crippen LogP contribution >= 0.6 is 0 Å². The highest BCUT2D eigenvalue weighted by molar-refractivity contribution is 5.08. The van der Waals surface area contributed by atoms with E-state index in [-0.39, 0.29) is 5.54 Å². The van der Waals surface area contributed by atoms with E-state index in [4.69, 9.17) is 15.0 Å². The third kappa shape index (κ3) is 2.08. The first-order chi connectivity index (χ1) is 7.24. The minimum absolute atomic E-state index is 0.315. The molecule has 1 aromatic heterocycles. The van der Waals surface area contributed by atoms with Gasteiger partial charge in [0.25, 0.3) is 5.89 Å². The van der Waals surface area contributed by atoms with Crippen LogP contribution in [-0.4, -0.2) is 16.7 Å². The van der Waals surface area contributed by atoms with Crippen molar-refractivity contribution in [2.75, 3.05) is 6.61 Å². The van der Waals surface area contributed by atoms with E-state index >= 15 is 0 Å². The SMILES string of the molecule is C=CCOCc1nc(C2(N)CCC2)no1. The lowest BCUT2D eigenvalue weighted by Crippen LogP contribution is -2.44. The molecule has 0 atom stereocenters. The predicted molar refractivity (Wildman–Crippen MR) is 53.9 cm³/mol. The lowest BCUT2D eigenvalue weighted by Gasteiger charge is -2.34. The van der Waals surface area contributed by atoms with Crippen molar-refractivity contribution in [3.8, 4) is 0 Å². The van der Waals surface area contributed by atoms with Gasteiger partial charge in [-0.05, 0) is 19.3 Å². The Morgan fingerprint density at radius 1 is 1.60 bits per heavy atom. The van der Waals surface area contributed by atoms with E-state index in [9.17, 15) is 0 Å². The second-order valence-corrected chi connectivity index (χ2v) is 3.83. The quantitative estimate of drug-likeness (QED) is 0.580. The van der Waals surface area contributed by atoms with Crippen molar-refractivity contribution in [2.45, 2.75) is 31.4 Å². The second-order valence-electron chi connectivity index (χ2n) is 3.83. The van der Waals surface area contributed by atoms with E-state index < -0.39 is 0 Å². The van der Waals surface area contributed by atoms with Crippen LogP contribution in [0.25, 0.3) is 0 Å². The van der Waals surface area contributed by atoms with E-state index in [2.05, 4.69) is 16.7 Å². The van der Waals surface area contributed by atoms with E-state index in [1.165, 1.54) is 0 Å². The summed E-state index contributed by atoms with van der Waals surface area (Å²) < 4.78 is 10.2. The fourth-order valence-electron chi connectivity index (χ4n) is 1.53. The van der Waals surface area contributed by atoms with Gasteiger partial charge in [0.2, 0.25) is 0 Å². The summed E-state index contributed by atoms with van der Waals surface area (Å²) in [6.07, 6.45) is 4.67. The molecule has 2 rings (SSSR count). The van der Waals surface area contributed by atoms with E-state index in [1.807, 2.05) is 0 Å². The van der Waals surface area contributed by atoms with Crippen LogP contribution in [0.2, 0.25) is 0 Å². The molecule has 1 aliphatic carbocycles. The zero-order valence-electron chi connectivity index (χ0n) is 8.61. The number of hydrogen-bond acceptors (Lipinski definition) is 5. The molecular weight excluding hydrogens is 194 g/mol. The van der Waals surface area contributed by atoms with Crippen molar-refractivity contribution in [3.63, 3.8) is 0 Å². The van der Waals surface area contributed by atoms with Crippen LogP contribution in [0.5, 0.6) is 0 Å². The van der Waals surface area contributed by atoms with Crippen molar-refractivity contribution in [3.05, 3.63) is 24.4 Å². The average molecular weight is 209 g/mol. The molecule has 0 bridgehead atoms. The number of ether oxygens (including phenoxy) is 1. The fraction of sp³-hybridized carbons (Fsp3) is 0.600. The number of rotatable bonds is 5. The van der Waals surface area contributed by atoms with Gasteiger partial charge in [0, 0.05) is 0 Å². The van der Waals surface area contributed by atoms with E-state index in [1.54, 1.807) is 6.08 Å². The minimum atomic E-state index is -0.361. The first-order valence-corrected chi connectivity index (χ1v) is 5.05. The molecule has 82 valence electrons. The van der Waals surface area contributed by atoms with Crippen molar-refractivity contribution < 1.29 is 9.26 Å². The summed E-state index contributed by atoms with van der Waals surface area (Å²) in [6, 6.07) is 0. The summed E-state index contributed by atoms with van der Waals surface area (Å²) in [5.41, 5.74) is 5.69. The molecule has 0 radical (unpaired) electrons. The van der Waals surface area contributed by atoms with Gasteiger partial charge in [0.05, 0.1) is 12.1 Å². The van der Waals surface area contributed by atoms with Crippen molar-refractivity contribution in [1.82, 2.24) is 10.1 Å². The molecule has 0 saturated heterocycles. The zero-order chi connectivity index (χ0) is 10.7. The van der Waals surface area contributed by atoms with Crippen molar-refractivity contribution >= 4 is 0 Å². The highest BCUT2D eigenvalue weighted by Crippen LogP contribution is 2.36. The van der Waals surface area contributed by atoms with Crippen LogP contribution in [0.3, 0.4) is 0 Å². The Labute approximate surface area is 88.3 Å². The molecule has 1 aromatic rings. The van der Waals surface area contributed by atoms with Crippen LogP contribution in [0.4, 0.5) is 0 Å². The summed E-state index contributed by atoms with van der Waals surface area (Å²) in [5.74, 6) is 1.08. The number of aromatic nitrogens is 2. The Kier molecular flexibility index (Phi) is 2.83. The molecule has 0 aromatic carbocycles. The van der Waals surface area contributed by atoms with Gasteiger partial charge in [-0.3, -0.25) is 0 Å². The minimum Gasteiger partial charge on any atom is -0.368 e. The topological polar surface area (TPSA) is 74.2 Å². The Hall–Kier alpha value is -1.20. The summed E-state index contributed by atoms with van der Waals surface area (Å²) in [6.45, 7) is 4.34. The van der Waals surface area contributed by atoms with Crippen LogP contribution in [-0.2, 0) is 16.9 Å². The molecule has 1 heterocycles. The first kappa shape index (κ1) is 10.3. The molecule has 1 saturated carbocycles. The lowest BCUT2D eigenvalue weighted by molar-refractivity contribution is 0.121. The Bertz CT molecular complexity index is 344. The fourth-order valence-corrected chi connectivity index (χ4v) is 1.53. The Morgan fingerprint density at radius 2 is 2.40 bits per heavy atom. The molecule has 0 spiro atoms. The maximum absolute atomic E-state index is 6.05. The number of nitrogens with zero attached hydrogens (tertiary/aromatic N) is 2. The van der Waals surface area contributed by atoms with E-state index in [0.29, 0.717) is 24.9 Å². The summed E-state index contributed by atoms with van der Waals surface area (Å²) in [7, 11) is 0. The maximum Gasteiger partial charge on any atom is 0.252 e. The Morgan fingerprint density at radius 3 is 3.00 bits per heavy atom.